The average Bonchev–Trinajstić information content (AvgIpc) is 2.41. The molecule has 2 aromatic rings. The van der Waals surface area contributed by atoms with Gasteiger partial charge >= 0.3 is 0 Å². The van der Waals surface area contributed by atoms with Crippen molar-refractivity contribution in [3.8, 4) is 0 Å². The number of nitrogens with zero attached hydrogens (tertiary/aromatic N) is 1. The molecular formula is C15H17BrN2. The molecule has 94 valence electrons. The third kappa shape index (κ3) is 2.98. The van der Waals surface area contributed by atoms with Gasteiger partial charge in [-0.2, -0.15) is 0 Å². The molecule has 0 spiro atoms. The van der Waals surface area contributed by atoms with Gasteiger partial charge in [0, 0.05) is 22.9 Å². The van der Waals surface area contributed by atoms with Crippen LogP contribution in [0.25, 0.3) is 0 Å². The Morgan fingerprint density at radius 1 is 1.28 bits per heavy atom. The van der Waals surface area contributed by atoms with Gasteiger partial charge in [0.25, 0.3) is 0 Å². The first kappa shape index (κ1) is 13.2. The predicted octanol–water partition coefficient (Wildman–Crippen LogP) is 3.66. The van der Waals surface area contributed by atoms with Crippen molar-refractivity contribution in [3.05, 3.63) is 63.9 Å². The first-order chi connectivity index (χ1) is 8.72. The van der Waals surface area contributed by atoms with Crippen LogP contribution in [0, 0.1) is 6.92 Å². The third-order valence-corrected chi connectivity index (χ3v) is 4.06. The monoisotopic (exact) mass is 304 g/mol. The second-order valence-corrected chi connectivity index (χ2v) is 5.22. The van der Waals surface area contributed by atoms with Gasteiger partial charge in [0.1, 0.15) is 0 Å². The average molecular weight is 305 g/mol. The third-order valence-electron chi connectivity index (χ3n) is 3.20. The van der Waals surface area contributed by atoms with E-state index in [9.17, 15) is 0 Å². The van der Waals surface area contributed by atoms with Crippen LogP contribution in [0.5, 0.6) is 0 Å². The number of nitrogens with one attached hydrogen (secondary N) is 1. The van der Waals surface area contributed by atoms with E-state index in [2.05, 4.69) is 57.4 Å². The molecule has 0 saturated carbocycles. The van der Waals surface area contributed by atoms with E-state index in [0.29, 0.717) is 6.04 Å². The summed E-state index contributed by atoms with van der Waals surface area (Å²) < 4.78 is 1.16. The lowest BCUT2D eigenvalue weighted by atomic mass is 9.96. The summed E-state index contributed by atoms with van der Waals surface area (Å²) in [5.74, 6) is 0. The topological polar surface area (TPSA) is 24.9 Å². The van der Waals surface area contributed by atoms with E-state index in [0.717, 1.165) is 10.9 Å². The number of rotatable bonds is 4. The molecule has 0 aliphatic rings. The molecule has 1 aromatic heterocycles. The number of likely N-dealkylation sites (N-methyl/N-ethyl adjacent to an activating group) is 1. The molecule has 0 aliphatic heterocycles. The van der Waals surface area contributed by atoms with Crippen molar-refractivity contribution in [2.75, 3.05) is 7.05 Å². The number of pyridine rings is 1. The van der Waals surface area contributed by atoms with Gasteiger partial charge in [-0.15, -0.1) is 0 Å². The van der Waals surface area contributed by atoms with Crippen LogP contribution < -0.4 is 5.32 Å². The molecular weight excluding hydrogens is 288 g/mol. The van der Waals surface area contributed by atoms with Crippen molar-refractivity contribution in [2.24, 2.45) is 0 Å². The Kier molecular flexibility index (Phi) is 4.50. The molecule has 2 nitrogen and oxygen atoms in total. The summed E-state index contributed by atoms with van der Waals surface area (Å²) in [6.07, 6.45) is 4.68. The quantitative estimate of drug-likeness (QED) is 0.932. The van der Waals surface area contributed by atoms with Crippen molar-refractivity contribution >= 4 is 15.9 Å². The highest BCUT2D eigenvalue weighted by Crippen LogP contribution is 2.26. The van der Waals surface area contributed by atoms with Gasteiger partial charge in [-0.05, 0) is 49.2 Å². The highest BCUT2D eigenvalue weighted by molar-refractivity contribution is 9.10. The minimum absolute atomic E-state index is 0.312. The standard InChI is InChI=1S/C15H17BrN2/c1-11-13(6-3-7-14(11)16)15(17-2)9-12-5-4-8-18-10-12/h3-8,10,15,17H,9H2,1-2H3. The summed E-state index contributed by atoms with van der Waals surface area (Å²) in [5.41, 5.74) is 3.87. The molecule has 0 bridgehead atoms. The van der Waals surface area contributed by atoms with Crippen molar-refractivity contribution < 1.29 is 0 Å². The van der Waals surface area contributed by atoms with Crippen LogP contribution in [0.1, 0.15) is 22.7 Å². The van der Waals surface area contributed by atoms with E-state index in [4.69, 9.17) is 0 Å². The molecule has 2 rings (SSSR count). The van der Waals surface area contributed by atoms with Crippen LogP contribution in [0.3, 0.4) is 0 Å². The van der Waals surface area contributed by atoms with Crippen molar-refractivity contribution in [1.29, 1.82) is 0 Å². The summed E-state index contributed by atoms with van der Waals surface area (Å²) in [5, 5.41) is 3.39. The Hall–Kier alpha value is -1.19. The number of benzene rings is 1. The number of hydrogen-bond donors (Lipinski definition) is 1. The summed E-state index contributed by atoms with van der Waals surface area (Å²) in [4.78, 5) is 4.17. The first-order valence-corrected chi connectivity index (χ1v) is 6.83. The molecule has 0 amide bonds. The lowest BCUT2D eigenvalue weighted by molar-refractivity contribution is 0.587. The number of hydrogen-bond acceptors (Lipinski definition) is 2. The smallest absolute Gasteiger partial charge is 0.0362 e. The second-order valence-electron chi connectivity index (χ2n) is 4.36. The van der Waals surface area contributed by atoms with E-state index in [1.165, 1.54) is 16.7 Å². The molecule has 1 heterocycles. The first-order valence-electron chi connectivity index (χ1n) is 6.03. The number of aromatic nitrogens is 1. The maximum absolute atomic E-state index is 4.17. The Labute approximate surface area is 117 Å². The molecule has 0 saturated heterocycles. The van der Waals surface area contributed by atoms with Gasteiger partial charge < -0.3 is 5.32 Å². The summed E-state index contributed by atoms with van der Waals surface area (Å²) in [7, 11) is 2.00. The molecule has 0 aliphatic carbocycles. The van der Waals surface area contributed by atoms with Crippen LogP contribution in [-0.2, 0) is 6.42 Å². The SMILES string of the molecule is CNC(Cc1cccnc1)c1cccc(Br)c1C. The minimum atomic E-state index is 0.312. The Morgan fingerprint density at radius 3 is 2.78 bits per heavy atom. The maximum atomic E-state index is 4.17. The fraction of sp³-hybridized carbons (Fsp3) is 0.267. The molecule has 1 atom stereocenters. The lowest BCUT2D eigenvalue weighted by Gasteiger charge is -2.19. The van der Waals surface area contributed by atoms with Crippen molar-refractivity contribution in [1.82, 2.24) is 10.3 Å². The summed E-state index contributed by atoms with van der Waals surface area (Å²) in [6.45, 7) is 2.15. The molecule has 3 heteroatoms. The zero-order chi connectivity index (χ0) is 13.0. The number of halogens is 1. The van der Waals surface area contributed by atoms with Crippen LogP contribution in [0.4, 0.5) is 0 Å². The normalized spacial score (nSPS) is 12.4. The van der Waals surface area contributed by atoms with Crippen LogP contribution >= 0.6 is 15.9 Å². The van der Waals surface area contributed by atoms with E-state index >= 15 is 0 Å². The summed E-state index contributed by atoms with van der Waals surface area (Å²) in [6, 6.07) is 10.7. The van der Waals surface area contributed by atoms with Crippen LogP contribution in [0.15, 0.2) is 47.2 Å². The Balaban J connectivity index is 2.26. The largest absolute Gasteiger partial charge is 0.313 e. The van der Waals surface area contributed by atoms with Crippen molar-refractivity contribution in [2.45, 2.75) is 19.4 Å². The summed E-state index contributed by atoms with van der Waals surface area (Å²) >= 11 is 3.59. The van der Waals surface area contributed by atoms with E-state index < -0.39 is 0 Å². The highest BCUT2D eigenvalue weighted by atomic mass is 79.9. The van der Waals surface area contributed by atoms with Gasteiger partial charge in [0.15, 0.2) is 0 Å². The highest BCUT2D eigenvalue weighted by Gasteiger charge is 2.13. The Bertz CT molecular complexity index is 511. The molecule has 18 heavy (non-hydrogen) atoms. The predicted molar refractivity (Wildman–Crippen MR) is 78.6 cm³/mol. The van der Waals surface area contributed by atoms with E-state index in [-0.39, 0.29) is 0 Å². The lowest BCUT2D eigenvalue weighted by Crippen LogP contribution is -2.20. The van der Waals surface area contributed by atoms with E-state index in [1.807, 2.05) is 25.5 Å². The van der Waals surface area contributed by atoms with Gasteiger partial charge in [-0.1, -0.05) is 34.1 Å². The van der Waals surface area contributed by atoms with Gasteiger partial charge in [-0.25, -0.2) is 0 Å². The van der Waals surface area contributed by atoms with Gasteiger partial charge in [0.05, 0.1) is 0 Å². The minimum Gasteiger partial charge on any atom is -0.313 e. The fourth-order valence-corrected chi connectivity index (χ4v) is 2.51. The Morgan fingerprint density at radius 2 is 2.11 bits per heavy atom. The molecule has 0 fully saturated rings. The molecule has 0 radical (unpaired) electrons. The zero-order valence-corrected chi connectivity index (χ0v) is 12.2. The maximum Gasteiger partial charge on any atom is 0.0362 e. The molecule has 1 aromatic carbocycles. The van der Waals surface area contributed by atoms with Crippen LogP contribution in [-0.4, -0.2) is 12.0 Å². The molecule has 1 N–H and O–H groups in total. The van der Waals surface area contributed by atoms with E-state index in [1.54, 1.807) is 0 Å². The molecule has 1 unspecified atom stereocenters. The second kappa shape index (κ2) is 6.12. The van der Waals surface area contributed by atoms with Crippen molar-refractivity contribution in [3.63, 3.8) is 0 Å². The fourth-order valence-electron chi connectivity index (χ4n) is 2.12. The van der Waals surface area contributed by atoms with Crippen LogP contribution in [0.2, 0.25) is 0 Å². The van der Waals surface area contributed by atoms with Gasteiger partial charge in [0.2, 0.25) is 0 Å². The zero-order valence-electron chi connectivity index (χ0n) is 10.7. The van der Waals surface area contributed by atoms with Gasteiger partial charge in [-0.3, -0.25) is 4.98 Å².